The number of rotatable bonds is 4. The van der Waals surface area contributed by atoms with Crippen molar-refractivity contribution in [2.24, 2.45) is 5.73 Å². The van der Waals surface area contributed by atoms with Gasteiger partial charge in [0, 0.05) is 5.56 Å². The number of primary amides is 1. The van der Waals surface area contributed by atoms with E-state index in [1.807, 2.05) is 0 Å². The van der Waals surface area contributed by atoms with E-state index in [0.717, 1.165) is 0 Å². The molecule has 7 heteroatoms. The predicted molar refractivity (Wildman–Crippen MR) is 63.1 cm³/mol. The zero-order chi connectivity index (χ0) is 12.3. The maximum atomic E-state index is 10.9. The van der Waals surface area contributed by atoms with Crippen LogP contribution in [-0.4, -0.2) is 21.1 Å². The topological polar surface area (TPSA) is 123 Å². The highest BCUT2D eigenvalue weighted by molar-refractivity contribution is 5.94. The fraction of sp³-hybridized carbons (Fsp3) is 0.100. The van der Waals surface area contributed by atoms with E-state index in [2.05, 4.69) is 20.5 Å². The summed E-state index contributed by atoms with van der Waals surface area (Å²) in [5, 5.41) is 9.51. The second-order valence-electron chi connectivity index (χ2n) is 3.45. The van der Waals surface area contributed by atoms with Gasteiger partial charge in [-0.25, -0.2) is 4.98 Å². The van der Waals surface area contributed by atoms with Gasteiger partial charge < -0.3 is 16.8 Å². The third-order valence-corrected chi connectivity index (χ3v) is 2.25. The van der Waals surface area contributed by atoms with E-state index < -0.39 is 5.91 Å². The molecular formula is C10H12N6O. The van der Waals surface area contributed by atoms with Crippen LogP contribution in [0.25, 0.3) is 0 Å². The molecule has 2 rings (SSSR count). The van der Waals surface area contributed by atoms with E-state index in [1.165, 1.54) is 12.4 Å². The molecule has 0 aliphatic heterocycles. The monoisotopic (exact) mass is 232 g/mol. The molecule has 1 heterocycles. The summed E-state index contributed by atoms with van der Waals surface area (Å²) in [7, 11) is 0. The third kappa shape index (κ3) is 2.51. The Balaban J connectivity index is 2.09. The Morgan fingerprint density at radius 1 is 1.47 bits per heavy atom. The number of nitrogens with zero attached hydrogens (tertiary/aromatic N) is 2. The molecule has 1 aromatic heterocycles. The maximum Gasteiger partial charge on any atom is 0.248 e. The van der Waals surface area contributed by atoms with Crippen LogP contribution in [0.1, 0.15) is 16.2 Å². The predicted octanol–water partition coefficient (Wildman–Crippen LogP) is 0.0979. The smallest absolute Gasteiger partial charge is 0.248 e. The first-order valence-electron chi connectivity index (χ1n) is 4.94. The summed E-state index contributed by atoms with van der Waals surface area (Å²) in [6.45, 7) is 0.472. The molecule has 0 atom stereocenters. The van der Waals surface area contributed by atoms with Crippen LogP contribution in [0.5, 0.6) is 0 Å². The molecule has 6 N–H and O–H groups in total. The lowest BCUT2D eigenvalue weighted by Crippen LogP contribution is -2.12. The van der Waals surface area contributed by atoms with Gasteiger partial charge in [-0.05, 0) is 18.2 Å². The van der Waals surface area contributed by atoms with Crippen LogP contribution >= 0.6 is 0 Å². The van der Waals surface area contributed by atoms with E-state index in [0.29, 0.717) is 29.3 Å². The minimum atomic E-state index is -0.501. The van der Waals surface area contributed by atoms with E-state index in [-0.39, 0.29) is 0 Å². The Morgan fingerprint density at radius 2 is 2.29 bits per heavy atom. The summed E-state index contributed by atoms with van der Waals surface area (Å²) >= 11 is 0. The summed E-state index contributed by atoms with van der Waals surface area (Å²) < 4.78 is 0. The van der Waals surface area contributed by atoms with Crippen molar-refractivity contribution in [1.82, 2.24) is 15.2 Å². The first-order chi connectivity index (χ1) is 8.16. The van der Waals surface area contributed by atoms with Gasteiger partial charge in [-0.1, -0.05) is 0 Å². The number of hydrogen-bond donors (Lipinski definition) is 4. The number of carbonyl (C=O) groups excluding carboxylic acids is 1. The van der Waals surface area contributed by atoms with Gasteiger partial charge in [0.2, 0.25) is 5.91 Å². The summed E-state index contributed by atoms with van der Waals surface area (Å²) in [6.07, 6.45) is 1.43. The highest BCUT2D eigenvalue weighted by atomic mass is 16.1. The minimum absolute atomic E-state index is 0.382. The lowest BCUT2D eigenvalue weighted by Gasteiger charge is -2.08. The number of aromatic amines is 1. The van der Waals surface area contributed by atoms with Gasteiger partial charge in [-0.15, -0.1) is 0 Å². The average Bonchev–Trinajstić information content (AvgIpc) is 2.80. The third-order valence-electron chi connectivity index (χ3n) is 2.25. The molecule has 0 aliphatic rings. The largest absolute Gasteiger partial charge is 0.397 e. The van der Waals surface area contributed by atoms with Crippen molar-refractivity contribution in [2.45, 2.75) is 6.54 Å². The van der Waals surface area contributed by atoms with Gasteiger partial charge in [-0.3, -0.25) is 9.89 Å². The fourth-order valence-corrected chi connectivity index (χ4v) is 1.37. The molecule has 0 aliphatic carbocycles. The molecule has 0 spiro atoms. The Hall–Kier alpha value is -2.57. The fourth-order valence-electron chi connectivity index (χ4n) is 1.37. The number of hydrogen-bond acceptors (Lipinski definition) is 5. The standard InChI is InChI=1S/C10H12N6O/c11-7-3-6(10(12)17)1-2-8(7)13-4-9-14-5-15-16-9/h1-3,5,13H,4,11H2,(H2,12,17)(H,14,15,16). The summed E-state index contributed by atoms with van der Waals surface area (Å²) in [5.41, 5.74) is 12.5. The summed E-state index contributed by atoms with van der Waals surface area (Å²) in [6, 6.07) is 4.85. The first kappa shape index (κ1) is 10.9. The van der Waals surface area contributed by atoms with Crippen LogP contribution < -0.4 is 16.8 Å². The Bertz CT molecular complexity index is 522. The zero-order valence-electron chi connectivity index (χ0n) is 8.97. The van der Waals surface area contributed by atoms with E-state index in [4.69, 9.17) is 11.5 Å². The normalized spacial score (nSPS) is 10.1. The Labute approximate surface area is 97.2 Å². The van der Waals surface area contributed by atoms with Gasteiger partial charge >= 0.3 is 0 Å². The first-order valence-corrected chi connectivity index (χ1v) is 4.94. The van der Waals surface area contributed by atoms with Gasteiger partial charge in [0.15, 0.2) is 0 Å². The van der Waals surface area contributed by atoms with Gasteiger partial charge in [0.05, 0.1) is 17.9 Å². The van der Waals surface area contributed by atoms with Gasteiger partial charge in [0.25, 0.3) is 0 Å². The van der Waals surface area contributed by atoms with Crippen LogP contribution in [0.3, 0.4) is 0 Å². The SMILES string of the molecule is NC(=O)c1ccc(NCc2ncn[nH]2)c(N)c1. The number of nitrogens with one attached hydrogen (secondary N) is 2. The Morgan fingerprint density at radius 3 is 2.88 bits per heavy atom. The van der Waals surface area contributed by atoms with Crippen LogP contribution in [0, 0.1) is 0 Å². The molecule has 0 unspecified atom stereocenters. The highest BCUT2D eigenvalue weighted by Gasteiger charge is 2.05. The molecule has 17 heavy (non-hydrogen) atoms. The molecule has 0 saturated carbocycles. The lowest BCUT2D eigenvalue weighted by atomic mass is 10.1. The Kier molecular flexibility index (Phi) is 2.91. The molecule has 0 fully saturated rings. The van der Waals surface area contributed by atoms with Crippen molar-refractivity contribution >= 4 is 17.3 Å². The molecule has 0 bridgehead atoms. The summed E-state index contributed by atoms with van der Waals surface area (Å²) in [5.74, 6) is 0.196. The van der Waals surface area contributed by atoms with Crippen molar-refractivity contribution in [1.29, 1.82) is 0 Å². The van der Waals surface area contributed by atoms with Crippen LogP contribution in [0.15, 0.2) is 24.5 Å². The molecular weight excluding hydrogens is 220 g/mol. The molecule has 0 radical (unpaired) electrons. The quantitative estimate of drug-likeness (QED) is 0.557. The molecule has 1 aromatic carbocycles. The second-order valence-corrected chi connectivity index (χ2v) is 3.45. The molecule has 2 aromatic rings. The van der Waals surface area contributed by atoms with Crippen molar-refractivity contribution in [3.8, 4) is 0 Å². The van der Waals surface area contributed by atoms with Gasteiger partial charge in [-0.2, -0.15) is 5.10 Å². The van der Waals surface area contributed by atoms with Crippen LogP contribution in [0.2, 0.25) is 0 Å². The average molecular weight is 232 g/mol. The number of nitrogens with two attached hydrogens (primary N) is 2. The maximum absolute atomic E-state index is 10.9. The minimum Gasteiger partial charge on any atom is -0.397 e. The number of amides is 1. The molecule has 88 valence electrons. The van der Waals surface area contributed by atoms with Crippen molar-refractivity contribution in [3.05, 3.63) is 35.9 Å². The van der Waals surface area contributed by atoms with E-state index in [1.54, 1.807) is 12.1 Å². The number of aromatic nitrogens is 3. The second kappa shape index (κ2) is 4.52. The number of benzene rings is 1. The van der Waals surface area contributed by atoms with E-state index >= 15 is 0 Å². The van der Waals surface area contributed by atoms with Crippen LogP contribution in [0.4, 0.5) is 11.4 Å². The molecule has 1 amide bonds. The number of anilines is 2. The number of carbonyl (C=O) groups is 1. The zero-order valence-corrected chi connectivity index (χ0v) is 8.97. The number of nitrogen functional groups attached to an aromatic ring is 1. The number of H-pyrrole nitrogens is 1. The highest BCUT2D eigenvalue weighted by Crippen LogP contribution is 2.19. The van der Waals surface area contributed by atoms with Crippen LogP contribution in [-0.2, 0) is 6.54 Å². The lowest BCUT2D eigenvalue weighted by molar-refractivity contribution is 0.100. The molecule has 0 saturated heterocycles. The molecule has 7 nitrogen and oxygen atoms in total. The summed E-state index contributed by atoms with van der Waals surface area (Å²) in [4.78, 5) is 14.9. The van der Waals surface area contributed by atoms with Crippen molar-refractivity contribution in [3.63, 3.8) is 0 Å². The van der Waals surface area contributed by atoms with Gasteiger partial charge in [0.1, 0.15) is 12.2 Å². The van der Waals surface area contributed by atoms with E-state index in [9.17, 15) is 4.79 Å². The van der Waals surface area contributed by atoms with Crippen molar-refractivity contribution < 1.29 is 4.79 Å². The van der Waals surface area contributed by atoms with Crippen molar-refractivity contribution in [2.75, 3.05) is 11.1 Å².